The second-order valence-electron chi connectivity index (χ2n) is 5.34. The smallest absolute Gasteiger partial charge is 0.305 e. The third-order valence-corrected chi connectivity index (χ3v) is 3.65. The highest BCUT2D eigenvalue weighted by atomic mass is 35.5. The van der Waals surface area contributed by atoms with Crippen LogP contribution in [0, 0.1) is 0 Å². The van der Waals surface area contributed by atoms with Crippen LogP contribution < -0.4 is 5.32 Å². The number of para-hydroxylation sites is 1. The summed E-state index contributed by atoms with van der Waals surface area (Å²) in [6.07, 6.45) is -0.111. The lowest BCUT2D eigenvalue weighted by molar-refractivity contribution is -0.136. The van der Waals surface area contributed by atoms with Gasteiger partial charge in [0.2, 0.25) is 0 Å². The number of halogens is 1. The summed E-state index contributed by atoms with van der Waals surface area (Å²) in [7, 11) is 0. The molecule has 3 rings (SSSR count). The number of hydrogen-bond acceptors (Lipinski definition) is 3. The molecule has 1 aromatic heterocycles. The van der Waals surface area contributed by atoms with E-state index in [-0.39, 0.29) is 31.3 Å². The number of nitrogens with zero attached hydrogens (tertiary/aromatic N) is 1. The second kappa shape index (κ2) is 8.26. The first-order chi connectivity index (χ1) is 11.6. The van der Waals surface area contributed by atoms with Gasteiger partial charge in [0, 0.05) is 17.5 Å². The molecule has 0 unspecified atom stereocenters. The molecule has 0 fully saturated rings. The fourth-order valence-electron chi connectivity index (χ4n) is 2.50. The van der Waals surface area contributed by atoms with E-state index >= 15 is 0 Å². The third kappa shape index (κ3) is 4.33. The first kappa shape index (κ1) is 18.4. The number of carboxylic acids is 1. The Morgan fingerprint density at radius 3 is 2.40 bits per heavy atom. The van der Waals surface area contributed by atoms with E-state index in [9.17, 15) is 9.59 Å². The number of rotatable bonds is 5. The highest BCUT2D eigenvalue weighted by molar-refractivity contribution is 6.07. The van der Waals surface area contributed by atoms with Crippen molar-refractivity contribution in [2.45, 2.75) is 6.42 Å². The van der Waals surface area contributed by atoms with Crippen LogP contribution >= 0.6 is 12.4 Å². The predicted octanol–water partition coefficient (Wildman–Crippen LogP) is 3.53. The standard InChI is InChI=1S/C19H16N2O3.ClH/c22-18(23)10-11-20-19(24)15-12-17(13-6-2-1-3-7-13)21-16-9-5-4-8-14(15)16;/h1-9,12H,10-11H2,(H,20,24)(H,22,23);1H. The highest BCUT2D eigenvalue weighted by Crippen LogP contribution is 2.24. The van der Waals surface area contributed by atoms with E-state index in [4.69, 9.17) is 5.11 Å². The zero-order valence-electron chi connectivity index (χ0n) is 13.3. The fourth-order valence-corrected chi connectivity index (χ4v) is 2.50. The summed E-state index contributed by atoms with van der Waals surface area (Å²) in [5.41, 5.74) is 2.84. The largest absolute Gasteiger partial charge is 0.481 e. The van der Waals surface area contributed by atoms with Crippen LogP contribution in [0.2, 0.25) is 0 Å². The van der Waals surface area contributed by atoms with E-state index in [1.165, 1.54) is 0 Å². The Bertz CT molecular complexity index is 898. The minimum absolute atomic E-state index is 0. The van der Waals surface area contributed by atoms with Gasteiger partial charge in [-0.2, -0.15) is 0 Å². The first-order valence-corrected chi connectivity index (χ1v) is 7.60. The molecule has 5 nitrogen and oxygen atoms in total. The van der Waals surface area contributed by atoms with Crippen molar-refractivity contribution in [3.63, 3.8) is 0 Å². The Morgan fingerprint density at radius 2 is 1.68 bits per heavy atom. The van der Waals surface area contributed by atoms with E-state index < -0.39 is 5.97 Å². The van der Waals surface area contributed by atoms with Crippen molar-refractivity contribution < 1.29 is 14.7 Å². The summed E-state index contributed by atoms with van der Waals surface area (Å²) in [6.45, 7) is 0.0888. The Balaban J connectivity index is 0.00000225. The van der Waals surface area contributed by atoms with Gasteiger partial charge in [-0.25, -0.2) is 4.98 Å². The Morgan fingerprint density at radius 1 is 1.00 bits per heavy atom. The number of carboxylic acid groups (broad SMARTS) is 1. The number of fused-ring (bicyclic) bond motifs is 1. The van der Waals surface area contributed by atoms with Crippen LogP contribution in [0.5, 0.6) is 0 Å². The van der Waals surface area contributed by atoms with Crippen molar-refractivity contribution in [2.24, 2.45) is 0 Å². The second-order valence-corrected chi connectivity index (χ2v) is 5.34. The first-order valence-electron chi connectivity index (χ1n) is 7.60. The molecule has 0 saturated carbocycles. The molecule has 6 heteroatoms. The molecular weight excluding hydrogens is 340 g/mol. The SMILES string of the molecule is Cl.O=C(O)CCNC(=O)c1cc(-c2ccccc2)nc2ccccc12. The van der Waals surface area contributed by atoms with Crippen LogP contribution in [0.15, 0.2) is 60.7 Å². The molecule has 1 amide bonds. The number of carbonyl (C=O) groups is 2. The van der Waals surface area contributed by atoms with E-state index in [0.29, 0.717) is 11.3 Å². The van der Waals surface area contributed by atoms with Gasteiger partial charge in [-0.15, -0.1) is 12.4 Å². The van der Waals surface area contributed by atoms with Crippen LogP contribution in [0.4, 0.5) is 0 Å². The molecule has 0 aliphatic rings. The fraction of sp³-hybridized carbons (Fsp3) is 0.105. The molecule has 0 radical (unpaired) electrons. The number of aromatic nitrogens is 1. The quantitative estimate of drug-likeness (QED) is 0.733. The summed E-state index contributed by atoms with van der Waals surface area (Å²) in [6, 6.07) is 18.8. The van der Waals surface area contributed by atoms with Gasteiger partial charge in [0.15, 0.2) is 0 Å². The summed E-state index contributed by atoms with van der Waals surface area (Å²) in [4.78, 5) is 27.7. The van der Waals surface area contributed by atoms with Gasteiger partial charge in [0.25, 0.3) is 5.91 Å². The lowest BCUT2D eigenvalue weighted by Crippen LogP contribution is -2.26. The van der Waals surface area contributed by atoms with Crippen LogP contribution in [-0.4, -0.2) is 28.5 Å². The maximum Gasteiger partial charge on any atom is 0.305 e. The topological polar surface area (TPSA) is 79.3 Å². The average Bonchev–Trinajstić information content (AvgIpc) is 2.61. The molecule has 3 aromatic rings. The molecular formula is C19H17ClN2O3. The van der Waals surface area contributed by atoms with Crippen LogP contribution in [0.3, 0.4) is 0 Å². The van der Waals surface area contributed by atoms with Gasteiger partial charge in [0.1, 0.15) is 0 Å². The van der Waals surface area contributed by atoms with Crippen LogP contribution in [-0.2, 0) is 4.79 Å². The van der Waals surface area contributed by atoms with Gasteiger partial charge in [0.05, 0.1) is 23.2 Å². The lowest BCUT2D eigenvalue weighted by Gasteiger charge is -2.10. The maximum absolute atomic E-state index is 12.5. The summed E-state index contributed by atoms with van der Waals surface area (Å²) < 4.78 is 0. The summed E-state index contributed by atoms with van der Waals surface area (Å²) in [5.74, 6) is -1.24. The average molecular weight is 357 g/mol. The molecule has 0 bridgehead atoms. The number of benzene rings is 2. The molecule has 0 saturated heterocycles. The molecule has 0 aliphatic heterocycles. The number of nitrogens with one attached hydrogen (secondary N) is 1. The maximum atomic E-state index is 12.5. The summed E-state index contributed by atoms with van der Waals surface area (Å²) >= 11 is 0. The molecule has 25 heavy (non-hydrogen) atoms. The van der Waals surface area contributed by atoms with Crippen molar-refractivity contribution in [3.05, 3.63) is 66.2 Å². The van der Waals surface area contributed by atoms with Gasteiger partial charge in [-0.05, 0) is 12.1 Å². The Hall–Kier alpha value is -2.92. The Labute approximate surface area is 151 Å². The van der Waals surface area contributed by atoms with Gasteiger partial charge >= 0.3 is 5.97 Å². The van der Waals surface area contributed by atoms with Crippen molar-refractivity contribution >= 4 is 35.2 Å². The molecule has 1 heterocycles. The number of aliphatic carboxylic acids is 1. The minimum atomic E-state index is -0.945. The van der Waals surface area contributed by atoms with Gasteiger partial charge in [-0.1, -0.05) is 48.5 Å². The molecule has 2 N–H and O–H groups in total. The van der Waals surface area contributed by atoms with E-state index in [1.54, 1.807) is 6.07 Å². The molecule has 2 aromatic carbocycles. The van der Waals surface area contributed by atoms with Gasteiger partial charge < -0.3 is 10.4 Å². The number of hydrogen-bond donors (Lipinski definition) is 2. The zero-order chi connectivity index (χ0) is 16.9. The molecule has 0 spiro atoms. The van der Waals surface area contributed by atoms with E-state index in [2.05, 4.69) is 10.3 Å². The predicted molar refractivity (Wildman–Crippen MR) is 99.0 cm³/mol. The number of carbonyl (C=O) groups excluding carboxylic acids is 1. The zero-order valence-corrected chi connectivity index (χ0v) is 14.1. The molecule has 0 aliphatic carbocycles. The van der Waals surface area contributed by atoms with Crippen LogP contribution in [0.25, 0.3) is 22.2 Å². The van der Waals surface area contributed by atoms with Crippen molar-refractivity contribution in [1.29, 1.82) is 0 Å². The molecule has 128 valence electrons. The Kier molecular flexibility index (Phi) is 6.08. The van der Waals surface area contributed by atoms with Gasteiger partial charge in [-0.3, -0.25) is 9.59 Å². The third-order valence-electron chi connectivity index (χ3n) is 3.65. The minimum Gasteiger partial charge on any atom is -0.481 e. The normalized spacial score (nSPS) is 10.1. The van der Waals surface area contributed by atoms with Crippen molar-refractivity contribution in [2.75, 3.05) is 6.54 Å². The van der Waals surface area contributed by atoms with Crippen LogP contribution in [0.1, 0.15) is 16.8 Å². The molecule has 0 atom stereocenters. The number of pyridine rings is 1. The monoisotopic (exact) mass is 356 g/mol. The highest BCUT2D eigenvalue weighted by Gasteiger charge is 2.13. The summed E-state index contributed by atoms with van der Waals surface area (Å²) in [5, 5.41) is 12.1. The number of amides is 1. The van der Waals surface area contributed by atoms with E-state index in [0.717, 1.165) is 16.5 Å². The lowest BCUT2D eigenvalue weighted by atomic mass is 10.0. The van der Waals surface area contributed by atoms with Crippen molar-refractivity contribution in [3.8, 4) is 11.3 Å². The van der Waals surface area contributed by atoms with Crippen molar-refractivity contribution in [1.82, 2.24) is 10.3 Å². The van der Waals surface area contributed by atoms with E-state index in [1.807, 2.05) is 54.6 Å².